The zero-order valence-corrected chi connectivity index (χ0v) is 16.2. The van der Waals surface area contributed by atoms with E-state index in [0.717, 1.165) is 41.2 Å². The molecule has 2 aromatic rings. The van der Waals surface area contributed by atoms with Gasteiger partial charge in [0.2, 0.25) is 5.91 Å². The molecule has 1 aromatic heterocycles. The van der Waals surface area contributed by atoms with Crippen LogP contribution in [0.2, 0.25) is 0 Å². The van der Waals surface area contributed by atoms with E-state index in [4.69, 9.17) is 0 Å². The van der Waals surface area contributed by atoms with Gasteiger partial charge in [-0.25, -0.2) is 18.6 Å². The van der Waals surface area contributed by atoms with Gasteiger partial charge >= 0.3 is 6.03 Å². The van der Waals surface area contributed by atoms with Crippen LogP contribution >= 0.6 is 11.3 Å². The van der Waals surface area contributed by atoms with Crippen LogP contribution < -0.4 is 10.6 Å². The lowest BCUT2D eigenvalue weighted by atomic mass is 9.98. The van der Waals surface area contributed by atoms with Crippen LogP contribution in [0.3, 0.4) is 0 Å². The number of hydrogen-bond acceptors (Lipinski definition) is 5. The summed E-state index contributed by atoms with van der Waals surface area (Å²) in [6.07, 6.45) is 2.99. The quantitative estimate of drug-likeness (QED) is 0.727. The van der Waals surface area contributed by atoms with Gasteiger partial charge in [0.1, 0.15) is 5.54 Å². The van der Waals surface area contributed by atoms with Crippen molar-refractivity contribution in [3.05, 3.63) is 35.2 Å². The van der Waals surface area contributed by atoms with Crippen molar-refractivity contribution in [2.24, 2.45) is 0 Å². The highest BCUT2D eigenvalue weighted by Gasteiger charge is 2.52. The molecule has 4 amide bonds. The van der Waals surface area contributed by atoms with Crippen LogP contribution in [0.15, 0.2) is 23.6 Å². The van der Waals surface area contributed by atoms with Gasteiger partial charge in [0.05, 0.1) is 5.69 Å². The number of nitrogens with zero attached hydrogens (tertiary/aromatic N) is 2. The summed E-state index contributed by atoms with van der Waals surface area (Å²) < 4.78 is 26.4. The molecule has 2 fully saturated rings. The predicted molar refractivity (Wildman–Crippen MR) is 102 cm³/mol. The Kier molecular flexibility index (Phi) is 5.03. The molecule has 0 unspecified atom stereocenters. The molecule has 0 radical (unpaired) electrons. The summed E-state index contributed by atoms with van der Waals surface area (Å²) in [6.45, 7) is -0.0142. The first-order chi connectivity index (χ1) is 13.9. The summed E-state index contributed by atoms with van der Waals surface area (Å²) in [7, 11) is 0. The first-order valence-electron chi connectivity index (χ1n) is 9.23. The van der Waals surface area contributed by atoms with E-state index in [9.17, 15) is 23.2 Å². The largest absolute Gasteiger partial charge is 0.325 e. The van der Waals surface area contributed by atoms with Crippen molar-refractivity contribution in [1.82, 2.24) is 15.2 Å². The summed E-state index contributed by atoms with van der Waals surface area (Å²) in [5, 5.41) is 7.28. The first-order valence-corrected chi connectivity index (χ1v) is 10.1. The summed E-state index contributed by atoms with van der Waals surface area (Å²) >= 11 is 1.14. The third-order valence-corrected chi connectivity index (χ3v) is 5.99. The van der Waals surface area contributed by atoms with E-state index in [1.807, 2.05) is 0 Å². The van der Waals surface area contributed by atoms with Crippen LogP contribution in [0.4, 0.5) is 18.7 Å². The number of nitrogens with one attached hydrogen (secondary N) is 2. The van der Waals surface area contributed by atoms with Gasteiger partial charge in [-0.05, 0) is 31.0 Å². The number of hydrogen-bond donors (Lipinski definition) is 2. The van der Waals surface area contributed by atoms with Gasteiger partial charge in [0.15, 0.2) is 16.8 Å². The third-order valence-electron chi connectivity index (χ3n) is 5.23. The molecule has 1 spiro atoms. The zero-order valence-electron chi connectivity index (χ0n) is 15.3. The zero-order chi connectivity index (χ0) is 20.6. The molecule has 10 heteroatoms. The van der Waals surface area contributed by atoms with Crippen LogP contribution in [-0.2, 0) is 9.59 Å². The minimum Gasteiger partial charge on any atom is -0.323 e. The molecule has 29 heavy (non-hydrogen) atoms. The third kappa shape index (κ3) is 3.71. The molecular formula is C19H18F2N4O3S. The Labute approximate surface area is 169 Å². The second-order valence-electron chi connectivity index (χ2n) is 7.14. The average Bonchev–Trinajstić information content (AvgIpc) is 3.39. The van der Waals surface area contributed by atoms with Crippen molar-refractivity contribution in [2.75, 3.05) is 11.9 Å². The normalized spacial score (nSPS) is 17.8. The van der Waals surface area contributed by atoms with E-state index in [-0.39, 0.29) is 18.9 Å². The highest BCUT2D eigenvalue weighted by atomic mass is 32.1. The van der Waals surface area contributed by atoms with Crippen molar-refractivity contribution >= 4 is 34.3 Å². The molecule has 1 aliphatic heterocycles. The van der Waals surface area contributed by atoms with Crippen molar-refractivity contribution in [3.8, 4) is 11.3 Å². The highest BCUT2D eigenvalue weighted by molar-refractivity contribution is 7.14. The van der Waals surface area contributed by atoms with Crippen LogP contribution in [-0.4, -0.2) is 39.8 Å². The van der Waals surface area contributed by atoms with Gasteiger partial charge in [-0.1, -0.05) is 12.8 Å². The number of urea groups is 1. The fraction of sp³-hybridized carbons (Fsp3) is 0.368. The standard InChI is InChI=1S/C19H18F2N4O3S/c20-12-4-3-11(9-13(12)21)14-10-29-17(22-14)23-15(26)5-8-25-16(27)19(24-18(25)28)6-1-2-7-19/h3-4,9-10H,1-2,5-8H2,(H,24,28)(H,22,23,26). The molecule has 1 saturated carbocycles. The smallest absolute Gasteiger partial charge is 0.323 e. The van der Waals surface area contributed by atoms with E-state index in [1.54, 1.807) is 5.38 Å². The Hall–Kier alpha value is -2.88. The van der Waals surface area contributed by atoms with Crippen LogP contribution in [0.5, 0.6) is 0 Å². The molecule has 0 atom stereocenters. The van der Waals surface area contributed by atoms with Crippen molar-refractivity contribution in [3.63, 3.8) is 0 Å². The number of thiazole rings is 1. The summed E-state index contributed by atoms with van der Waals surface area (Å²) in [5.74, 6) is -2.58. The van der Waals surface area contributed by atoms with Gasteiger partial charge in [0, 0.05) is 23.9 Å². The fourth-order valence-electron chi connectivity index (χ4n) is 3.71. The van der Waals surface area contributed by atoms with Crippen LogP contribution in [0, 0.1) is 11.6 Å². The van der Waals surface area contributed by atoms with Crippen LogP contribution in [0.1, 0.15) is 32.1 Å². The number of carbonyl (C=O) groups is 3. The van der Waals surface area contributed by atoms with E-state index in [2.05, 4.69) is 15.6 Å². The molecule has 2 aliphatic rings. The molecule has 1 saturated heterocycles. The molecule has 152 valence electrons. The Balaban J connectivity index is 1.35. The molecule has 0 bridgehead atoms. The maximum absolute atomic E-state index is 13.4. The van der Waals surface area contributed by atoms with E-state index < -0.39 is 29.1 Å². The number of anilines is 1. The Morgan fingerprint density at radius 2 is 2.00 bits per heavy atom. The summed E-state index contributed by atoms with van der Waals surface area (Å²) in [6, 6.07) is 2.99. The Bertz CT molecular complexity index is 988. The maximum atomic E-state index is 13.4. The van der Waals surface area contributed by atoms with Gasteiger partial charge < -0.3 is 10.6 Å². The highest BCUT2D eigenvalue weighted by Crippen LogP contribution is 2.35. The van der Waals surface area contributed by atoms with E-state index >= 15 is 0 Å². The van der Waals surface area contributed by atoms with Crippen LogP contribution in [0.25, 0.3) is 11.3 Å². The Morgan fingerprint density at radius 3 is 2.72 bits per heavy atom. The predicted octanol–water partition coefficient (Wildman–Crippen LogP) is 3.28. The van der Waals surface area contributed by atoms with Gasteiger partial charge in [-0.3, -0.25) is 14.5 Å². The molecule has 7 nitrogen and oxygen atoms in total. The lowest BCUT2D eigenvalue weighted by Crippen LogP contribution is -2.44. The topological polar surface area (TPSA) is 91.4 Å². The van der Waals surface area contributed by atoms with E-state index in [0.29, 0.717) is 29.2 Å². The molecule has 1 aliphatic carbocycles. The SMILES string of the molecule is O=C(CCN1C(=O)NC2(CCCC2)C1=O)Nc1nc(-c2ccc(F)c(F)c2)cs1. The first kappa shape index (κ1) is 19.4. The molecule has 1 aromatic carbocycles. The number of carbonyl (C=O) groups excluding carboxylic acids is 3. The minimum atomic E-state index is -0.977. The number of imide groups is 1. The van der Waals surface area contributed by atoms with Crippen molar-refractivity contribution in [2.45, 2.75) is 37.6 Å². The lowest BCUT2D eigenvalue weighted by Gasteiger charge is -2.19. The van der Waals surface area contributed by atoms with Gasteiger partial charge in [-0.2, -0.15) is 0 Å². The second-order valence-corrected chi connectivity index (χ2v) is 8.00. The minimum absolute atomic E-state index is 0.0142. The van der Waals surface area contributed by atoms with Gasteiger partial charge in [0.25, 0.3) is 5.91 Å². The second kappa shape index (κ2) is 7.51. The van der Waals surface area contributed by atoms with Gasteiger partial charge in [-0.15, -0.1) is 11.3 Å². The molecule has 4 rings (SSSR count). The summed E-state index contributed by atoms with van der Waals surface area (Å²) in [5.41, 5.74) is 0.00526. The van der Waals surface area contributed by atoms with Crippen molar-refractivity contribution in [1.29, 1.82) is 0 Å². The Morgan fingerprint density at radius 1 is 1.24 bits per heavy atom. The number of amides is 4. The molecule has 2 N–H and O–H groups in total. The molecule has 2 heterocycles. The molecular weight excluding hydrogens is 402 g/mol. The maximum Gasteiger partial charge on any atom is 0.325 e. The average molecular weight is 420 g/mol. The number of halogens is 2. The van der Waals surface area contributed by atoms with Crippen molar-refractivity contribution < 1.29 is 23.2 Å². The monoisotopic (exact) mass is 420 g/mol. The lowest BCUT2D eigenvalue weighted by molar-refractivity contribution is -0.131. The summed E-state index contributed by atoms with van der Waals surface area (Å²) in [4.78, 5) is 42.2. The van der Waals surface area contributed by atoms with E-state index in [1.165, 1.54) is 6.07 Å². The fourth-order valence-corrected chi connectivity index (χ4v) is 4.45. The number of aromatic nitrogens is 1. The number of benzene rings is 1. The number of rotatable bonds is 5.